The van der Waals surface area contributed by atoms with Crippen molar-refractivity contribution in [1.29, 1.82) is 0 Å². The number of carbonyl (C=O) groups excluding carboxylic acids is 1. The molecule has 0 aliphatic carbocycles. The molecule has 0 radical (unpaired) electrons. The SMILES string of the molecule is CCCCOC(=O)N1CCc2c1cc(OCc1ccccc1)c1cccc(C)c21. The van der Waals surface area contributed by atoms with E-state index < -0.39 is 0 Å². The normalized spacial score (nSPS) is 12.8. The van der Waals surface area contributed by atoms with E-state index in [4.69, 9.17) is 9.47 Å². The van der Waals surface area contributed by atoms with Crippen LogP contribution in [0.15, 0.2) is 54.6 Å². The van der Waals surface area contributed by atoms with Gasteiger partial charge in [-0.05, 0) is 41.8 Å². The number of anilines is 1. The molecule has 4 heteroatoms. The lowest BCUT2D eigenvalue weighted by Crippen LogP contribution is -2.29. The number of ether oxygens (including phenoxy) is 2. The van der Waals surface area contributed by atoms with Crippen molar-refractivity contribution in [2.45, 2.75) is 39.7 Å². The second kappa shape index (κ2) is 8.56. The molecule has 4 nitrogen and oxygen atoms in total. The third-order valence-electron chi connectivity index (χ3n) is 5.47. The number of rotatable bonds is 6. The van der Waals surface area contributed by atoms with Crippen LogP contribution in [0, 0.1) is 6.92 Å². The molecule has 1 amide bonds. The van der Waals surface area contributed by atoms with E-state index in [1.807, 2.05) is 24.3 Å². The van der Waals surface area contributed by atoms with Gasteiger partial charge in [0.25, 0.3) is 0 Å². The minimum Gasteiger partial charge on any atom is -0.488 e. The predicted octanol–water partition coefficient (Wildman–Crippen LogP) is 6.03. The number of aryl methyl sites for hydroxylation is 1. The molecule has 0 aromatic heterocycles. The highest BCUT2D eigenvalue weighted by Gasteiger charge is 2.29. The van der Waals surface area contributed by atoms with E-state index in [1.54, 1.807) is 4.90 Å². The Balaban J connectivity index is 1.70. The van der Waals surface area contributed by atoms with Crippen LogP contribution >= 0.6 is 0 Å². The monoisotopic (exact) mass is 389 g/mol. The number of nitrogens with zero attached hydrogens (tertiary/aromatic N) is 1. The van der Waals surface area contributed by atoms with Gasteiger partial charge in [-0.15, -0.1) is 0 Å². The molecule has 4 rings (SSSR count). The zero-order chi connectivity index (χ0) is 20.2. The van der Waals surface area contributed by atoms with Crippen molar-refractivity contribution >= 4 is 22.6 Å². The Morgan fingerprint density at radius 1 is 1.10 bits per heavy atom. The average molecular weight is 389 g/mol. The largest absolute Gasteiger partial charge is 0.488 e. The van der Waals surface area contributed by atoms with Crippen LogP contribution in [0.1, 0.15) is 36.5 Å². The van der Waals surface area contributed by atoms with E-state index in [0.717, 1.165) is 41.6 Å². The average Bonchev–Trinajstić information content (AvgIpc) is 3.17. The Bertz CT molecular complexity index is 1010. The Morgan fingerprint density at radius 2 is 1.93 bits per heavy atom. The van der Waals surface area contributed by atoms with Crippen molar-refractivity contribution < 1.29 is 14.3 Å². The maximum atomic E-state index is 12.7. The van der Waals surface area contributed by atoms with Gasteiger partial charge >= 0.3 is 6.09 Å². The van der Waals surface area contributed by atoms with E-state index in [0.29, 0.717) is 19.8 Å². The van der Waals surface area contributed by atoms with Crippen LogP contribution in [0.5, 0.6) is 5.75 Å². The summed E-state index contributed by atoms with van der Waals surface area (Å²) in [6.07, 6.45) is 2.46. The Morgan fingerprint density at radius 3 is 2.72 bits per heavy atom. The van der Waals surface area contributed by atoms with Crippen molar-refractivity contribution in [3.05, 3.63) is 71.3 Å². The van der Waals surface area contributed by atoms with Gasteiger partial charge in [0.15, 0.2) is 0 Å². The lowest BCUT2D eigenvalue weighted by atomic mass is 9.97. The fourth-order valence-electron chi connectivity index (χ4n) is 3.95. The quantitative estimate of drug-likeness (QED) is 0.483. The molecular weight excluding hydrogens is 362 g/mol. The fourth-order valence-corrected chi connectivity index (χ4v) is 3.95. The molecule has 0 fully saturated rings. The molecule has 3 aromatic carbocycles. The predicted molar refractivity (Wildman–Crippen MR) is 117 cm³/mol. The van der Waals surface area contributed by atoms with Gasteiger partial charge in [-0.3, -0.25) is 4.90 Å². The summed E-state index contributed by atoms with van der Waals surface area (Å²) in [6.45, 7) is 5.80. The molecule has 1 aliphatic heterocycles. The molecular formula is C25H27NO3. The number of amides is 1. The van der Waals surface area contributed by atoms with Crippen molar-refractivity contribution in [2.24, 2.45) is 0 Å². The molecule has 0 N–H and O–H groups in total. The standard InChI is InChI=1S/C25H27NO3/c1-3-4-15-28-25(27)26-14-13-20-22(26)16-23(21-12-8-9-18(2)24(20)21)29-17-19-10-6-5-7-11-19/h5-12,16H,3-4,13-15,17H2,1-2H3. The lowest BCUT2D eigenvalue weighted by molar-refractivity contribution is 0.152. The van der Waals surface area contributed by atoms with Crippen molar-refractivity contribution in [3.8, 4) is 5.75 Å². The van der Waals surface area contributed by atoms with Crippen LogP contribution < -0.4 is 9.64 Å². The molecule has 0 spiro atoms. The number of carbonyl (C=O) groups is 1. The van der Waals surface area contributed by atoms with Crippen LogP contribution in [-0.2, 0) is 17.8 Å². The summed E-state index contributed by atoms with van der Waals surface area (Å²) in [5.74, 6) is 0.805. The van der Waals surface area contributed by atoms with E-state index in [2.05, 4.69) is 44.2 Å². The minimum absolute atomic E-state index is 0.265. The molecule has 1 aliphatic rings. The lowest BCUT2D eigenvalue weighted by Gasteiger charge is -2.20. The third kappa shape index (κ3) is 3.93. The summed E-state index contributed by atoms with van der Waals surface area (Å²) < 4.78 is 11.7. The van der Waals surface area contributed by atoms with Gasteiger partial charge in [-0.25, -0.2) is 4.79 Å². The van der Waals surface area contributed by atoms with Crippen LogP contribution in [-0.4, -0.2) is 19.2 Å². The zero-order valence-corrected chi connectivity index (χ0v) is 17.1. The maximum absolute atomic E-state index is 12.7. The first-order valence-corrected chi connectivity index (χ1v) is 10.3. The minimum atomic E-state index is -0.265. The fraction of sp³-hybridized carbons (Fsp3) is 0.320. The first-order chi connectivity index (χ1) is 14.2. The first kappa shape index (κ1) is 19.3. The van der Waals surface area contributed by atoms with Crippen molar-refractivity contribution in [3.63, 3.8) is 0 Å². The van der Waals surface area contributed by atoms with Crippen LogP contribution in [0.4, 0.5) is 10.5 Å². The Hall–Kier alpha value is -3.01. The first-order valence-electron chi connectivity index (χ1n) is 10.3. The molecule has 1 heterocycles. The highest BCUT2D eigenvalue weighted by Crippen LogP contribution is 2.41. The Labute approximate surface area is 172 Å². The number of hydrogen-bond acceptors (Lipinski definition) is 3. The van der Waals surface area contributed by atoms with E-state index in [-0.39, 0.29) is 6.09 Å². The van der Waals surface area contributed by atoms with E-state index >= 15 is 0 Å². The summed E-state index contributed by atoms with van der Waals surface area (Å²) in [6, 6.07) is 18.4. The third-order valence-corrected chi connectivity index (χ3v) is 5.47. The van der Waals surface area contributed by atoms with Crippen LogP contribution in [0.3, 0.4) is 0 Å². The maximum Gasteiger partial charge on any atom is 0.414 e. The highest BCUT2D eigenvalue weighted by atomic mass is 16.6. The topological polar surface area (TPSA) is 38.8 Å². The molecule has 150 valence electrons. The summed E-state index contributed by atoms with van der Waals surface area (Å²) in [7, 11) is 0. The van der Waals surface area contributed by atoms with Crippen molar-refractivity contribution in [2.75, 3.05) is 18.1 Å². The van der Waals surface area contributed by atoms with Crippen molar-refractivity contribution in [1.82, 2.24) is 0 Å². The van der Waals surface area contributed by atoms with Gasteiger partial charge in [0, 0.05) is 18.0 Å². The highest BCUT2D eigenvalue weighted by molar-refractivity contribution is 6.02. The van der Waals surface area contributed by atoms with E-state index in [9.17, 15) is 4.79 Å². The zero-order valence-electron chi connectivity index (χ0n) is 17.1. The molecule has 3 aromatic rings. The molecule has 0 saturated heterocycles. The number of hydrogen-bond donors (Lipinski definition) is 0. The second-order valence-corrected chi connectivity index (χ2v) is 7.51. The number of fused-ring (bicyclic) bond motifs is 3. The molecule has 29 heavy (non-hydrogen) atoms. The number of unbranched alkanes of at least 4 members (excludes halogenated alkanes) is 1. The molecule has 0 unspecified atom stereocenters. The smallest absolute Gasteiger partial charge is 0.414 e. The molecule has 0 atom stereocenters. The van der Waals surface area contributed by atoms with Gasteiger partial charge < -0.3 is 9.47 Å². The molecule has 0 bridgehead atoms. The summed E-state index contributed by atoms with van der Waals surface area (Å²) in [5, 5.41) is 2.29. The van der Waals surface area contributed by atoms with Gasteiger partial charge in [0.05, 0.1) is 12.3 Å². The summed E-state index contributed by atoms with van der Waals surface area (Å²) in [5.41, 5.74) is 4.43. The van der Waals surface area contributed by atoms with Gasteiger partial charge in [0.1, 0.15) is 12.4 Å². The van der Waals surface area contributed by atoms with Gasteiger partial charge in [-0.1, -0.05) is 61.9 Å². The van der Waals surface area contributed by atoms with Crippen LogP contribution in [0.2, 0.25) is 0 Å². The molecule has 0 saturated carbocycles. The number of benzene rings is 3. The summed E-state index contributed by atoms with van der Waals surface area (Å²) >= 11 is 0. The Kier molecular flexibility index (Phi) is 5.70. The van der Waals surface area contributed by atoms with Gasteiger partial charge in [0.2, 0.25) is 0 Å². The summed E-state index contributed by atoms with van der Waals surface area (Å²) in [4.78, 5) is 14.4. The van der Waals surface area contributed by atoms with E-state index in [1.165, 1.54) is 16.5 Å². The van der Waals surface area contributed by atoms with Gasteiger partial charge in [-0.2, -0.15) is 0 Å². The second-order valence-electron chi connectivity index (χ2n) is 7.51. The van der Waals surface area contributed by atoms with Crippen LogP contribution in [0.25, 0.3) is 10.8 Å².